The van der Waals surface area contributed by atoms with E-state index in [1.54, 1.807) is 0 Å². The smallest absolute Gasteiger partial charge is 0.322 e. The van der Waals surface area contributed by atoms with Crippen molar-refractivity contribution in [2.24, 2.45) is 0 Å². The fourth-order valence-corrected chi connectivity index (χ4v) is 4.06. The number of ether oxygens (including phenoxy) is 2. The molecule has 0 amide bonds. The van der Waals surface area contributed by atoms with Gasteiger partial charge in [0.25, 0.3) is 0 Å². The molecule has 25 heavy (non-hydrogen) atoms. The summed E-state index contributed by atoms with van der Waals surface area (Å²) in [7, 11) is 1.90. The largest absolute Gasteiger partial charge is 0.480 e. The standard InChI is InChI=1S/C18H25N3O4/c1-19-8-9-21(11-15(19)18(22)23)13-4-6-20(7-5-13)14-2-3-16-17(10-14)25-12-24-16/h2-3,10,13,15H,4-9,11-12H2,1H3,(H,22,23). The van der Waals surface area contributed by atoms with Gasteiger partial charge in [-0.1, -0.05) is 0 Å². The minimum absolute atomic E-state index is 0.301. The van der Waals surface area contributed by atoms with Crippen LogP contribution in [0.3, 0.4) is 0 Å². The van der Waals surface area contributed by atoms with Gasteiger partial charge < -0.3 is 19.5 Å². The second kappa shape index (κ2) is 6.72. The van der Waals surface area contributed by atoms with Gasteiger partial charge in [-0.2, -0.15) is 0 Å². The van der Waals surface area contributed by atoms with Gasteiger partial charge in [0, 0.05) is 50.5 Å². The monoisotopic (exact) mass is 347 g/mol. The number of piperidine rings is 1. The molecule has 136 valence electrons. The van der Waals surface area contributed by atoms with Crippen LogP contribution in [-0.2, 0) is 4.79 Å². The fourth-order valence-electron chi connectivity index (χ4n) is 4.06. The first-order valence-corrected chi connectivity index (χ1v) is 8.93. The summed E-state index contributed by atoms with van der Waals surface area (Å²) in [6.07, 6.45) is 2.12. The van der Waals surface area contributed by atoms with E-state index < -0.39 is 5.97 Å². The fraction of sp³-hybridized carbons (Fsp3) is 0.611. The molecule has 2 saturated heterocycles. The zero-order valence-corrected chi connectivity index (χ0v) is 14.6. The summed E-state index contributed by atoms with van der Waals surface area (Å²) in [5.74, 6) is 0.920. The normalized spacial score (nSPS) is 25.3. The molecule has 0 bridgehead atoms. The van der Waals surface area contributed by atoms with Crippen LogP contribution in [0.25, 0.3) is 0 Å². The van der Waals surface area contributed by atoms with E-state index in [4.69, 9.17) is 9.47 Å². The molecule has 2 fully saturated rings. The third-order valence-corrected chi connectivity index (χ3v) is 5.67. The Balaban J connectivity index is 1.36. The molecule has 3 heterocycles. The lowest BCUT2D eigenvalue weighted by atomic mass is 10.00. The van der Waals surface area contributed by atoms with Crippen molar-refractivity contribution in [3.05, 3.63) is 18.2 Å². The topological polar surface area (TPSA) is 65.5 Å². The lowest BCUT2D eigenvalue weighted by Gasteiger charge is -2.44. The van der Waals surface area contributed by atoms with Gasteiger partial charge in [-0.15, -0.1) is 0 Å². The molecule has 3 aliphatic heterocycles. The van der Waals surface area contributed by atoms with Crippen LogP contribution in [0.15, 0.2) is 18.2 Å². The molecule has 1 aromatic carbocycles. The highest BCUT2D eigenvalue weighted by molar-refractivity contribution is 5.73. The van der Waals surface area contributed by atoms with Crippen LogP contribution in [0.5, 0.6) is 11.5 Å². The van der Waals surface area contributed by atoms with Crippen LogP contribution in [0.2, 0.25) is 0 Å². The van der Waals surface area contributed by atoms with E-state index in [-0.39, 0.29) is 6.04 Å². The predicted octanol–water partition coefficient (Wildman–Crippen LogP) is 1.08. The van der Waals surface area contributed by atoms with Gasteiger partial charge in [-0.05, 0) is 32.0 Å². The molecule has 1 atom stereocenters. The number of benzene rings is 1. The molecule has 0 spiro atoms. The van der Waals surface area contributed by atoms with Crippen molar-refractivity contribution in [3.63, 3.8) is 0 Å². The average molecular weight is 347 g/mol. The summed E-state index contributed by atoms with van der Waals surface area (Å²) in [5, 5.41) is 9.39. The maximum atomic E-state index is 11.4. The minimum Gasteiger partial charge on any atom is -0.480 e. The Labute approximate surface area is 147 Å². The summed E-state index contributed by atoms with van der Waals surface area (Å²) in [6, 6.07) is 6.20. The Bertz CT molecular complexity index is 645. The minimum atomic E-state index is -0.718. The molecular weight excluding hydrogens is 322 g/mol. The first-order chi connectivity index (χ1) is 12.1. The van der Waals surface area contributed by atoms with Crippen molar-refractivity contribution < 1.29 is 19.4 Å². The summed E-state index contributed by atoms with van der Waals surface area (Å²) in [6.45, 7) is 4.66. The van der Waals surface area contributed by atoms with Gasteiger partial charge in [0.05, 0.1) is 0 Å². The number of carbonyl (C=O) groups is 1. The van der Waals surface area contributed by atoms with E-state index in [1.165, 1.54) is 5.69 Å². The Hall–Kier alpha value is -1.99. The number of fused-ring (bicyclic) bond motifs is 1. The number of rotatable bonds is 3. The number of carboxylic acids is 1. The maximum absolute atomic E-state index is 11.4. The van der Waals surface area contributed by atoms with E-state index in [9.17, 15) is 9.90 Å². The molecule has 3 aliphatic rings. The molecule has 4 rings (SSSR count). The third kappa shape index (κ3) is 3.26. The lowest BCUT2D eigenvalue weighted by Crippen LogP contribution is -2.58. The van der Waals surface area contributed by atoms with Gasteiger partial charge in [-0.25, -0.2) is 0 Å². The molecular formula is C18H25N3O4. The molecule has 1 N–H and O–H groups in total. The highest BCUT2D eigenvalue weighted by atomic mass is 16.7. The second-order valence-electron chi connectivity index (χ2n) is 7.09. The van der Waals surface area contributed by atoms with Gasteiger partial charge in [0.1, 0.15) is 6.04 Å². The van der Waals surface area contributed by atoms with Crippen LogP contribution < -0.4 is 14.4 Å². The van der Waals surface area contributed by atoms with Crippen LogP contribution in [0.4, 0.5) is 5.69 Å². The van der Waals surface area contributed by atoms with E-state index in [0.717, 1.165) is 50.5 Å². The molecule has 7 heteroatoms. The summed E-state index contributed by atoms with van der Waals surface area (Å²) >= 11 is 0. The molecule has 7 nitrogen and oxygen atoms in total. The highest BCUT2D eigenvalue weighted by Gasteiger charge is 2.34. The SMILES string of the molecule is CN1CCN(C2CCN(c3ccc4c(c3)OCO4)CC2)CC1C(=O)O. The summed E-state index contributed by atoms with van der Waals surface area (Å²) < 4.78 is 10.8. The molecule has 1 aromatic rings. The van der Waals surface area contributed by atoms with E-state index in [0.29, 0.717) is 19.4 Å². The quantitative estimate of drug-likeness (QED) is 0.878. The molecule has 0 radical (unpaired) electrons. The van der Waals surface area contributed by atoms with Crippen molar-refractivity contribution in [1.82, 2.24) is 9.80 Å². The first kappa shape index (κ1) is 16.5. The molecule has 0 saturated carbocycles. The first-order valence-electron chi connectivity index (χ1n) is 8.93. The Kier molecular flexibility index (Phi) is 4.43. The Morgan fingerprint density at radius 2 is 1.88 bits per heavy atom. The maximum Gasteiger partial charge on any atom is 0.322 e. The number of nitrogens with zero attached hydrogens (tertiary/aromatic N) is 3. The van der Waals surface area contributed by atoms with E-state index in [2.05, 4.69) is 21.9 Å². The molecule has 1 unspecified atom stereocenters. The van der Waals surface area contributed by atoms with Crippen LogP contribution in [-0.4, -0.2) is 79.5 Å². The number of likely N-dealkylation sites (N-methyl/N-ethyl adjacent to an activating group) is 1. The van der Waals surface area contributed by atoms with Crippen molar-refractivity contribution in [3.8, 4) is 11.5 Å². The second-order valence-corrected chi connectivity index (χ2v) is 7.09. The number of piperazine rings is 1. The lowest BCUT2D eigenvalue weighted by molar-refractivity contribution is -0.145. The third-order valence-electron chi connectivity index (χ3n) is 5.67. The van der Waals surface area contributed by atoms with Crippen molar-refractivity contribution in [2.45, 2.75) is 24.9 Å². The van der Waals surface area contributed by atoms with Crippen molar-refractivity contribution in [2.75, 3.05) is 51.5 Å². The predicted molar refractivity (Wildman–Crippen MR) is 93.4 cm³/mol. The average Bonchev–Trinajstić information content (AvgIpc) is 3.10. The number of hydrogen-bond donors (Lipinski definition) is 1. The zero-order chi connectivity index (χ0) is 17.4. The van der Waals surface area contributed by atoms with Crippen LogP contribution >= 0.6 is 0 Å². The number of anilines is 1. The van der Waals surface area contributed by atoms with Gasteiger partial charge in [0.15, 0.2) is 11.5 Å². The Morgan fingerprint density at radius 1 is 1.12 bits per heavy atom. The van der Waals surface area contributed by atoms with Gasteiger partial charge in [0.2, 0.25) is 6.79 Å². The van der Waals surface area contributed by atoms with Crippen molar-refractivity contribution >= 4 is 11.7 Å². The number of carboxylic acid groups (broad SMARTS) is 1. The Morgan fingerprint density at radius 3 is 2.64 bits per heavy atom. The molecule has 0 aromatic heterocycles. The molecule has 0 aliphatic carbocycles. The highest BCUT2D eigenvalue weighted by Crippen LogP contribution is 2.36. The number of hydrogen-bond acceptors (Lipinski definition) is 6. The van der Waals surface area contributed by atoms with Crippen molar-refractivity contribution in [1.29, 1.82) is 0 Å². The zero-order valence-electron chi connectivity index (χ0n) is 14.6. The van der Waals surface area contributed by atoms with E-state index >= 15 is 0 Å². The summed E-state index contributed by atoms with van der Waals surface area (Å²) in [4.78, 5) is 18.1. The number of aliphatic carboxylic acids is 1. The van der Waals surface area contributed by atoms with Crippen LogP contribution in [0, 0.1) is 0 Å². The van der Waals surface area contributed by atoms with Gasteiger partial charge >= 0.3 is 5.97 Å². The summed E-state index contributed by atoms with van der Waals surface area (Å²) in [5.41, 5.74) is 1.17. The van der Waals surface area contributed by atoms with Crippen LogP contribution in [0.1, 0.15) is 12.8 Å². The van der Waals surface area contributed by atoms with Gasteiger partial charge in [-0.3, -0.25) is 14.6 Å². The van der Waals surface area contributed by atoms with E-state index in [1.807, 2.05) is 18.0 Å².